The highest BCUT2D eigenvalue weighted by Gasteiger charge is 2.33. The zero-order chi connectivity index (χ0) is 11.1. The predicted octanol–water partition coefficient (Wildman–Crippen LogP) is 3.43. The molecular weight excluding hydrogens is 204 g/mol. The van der Waals surface area contributed by atoms with Crippen LogP contribution in [0.25, 0.3) is 0 Å². The molecule has 0 atom stereocenters. The molecule has 0 radical (unpaired) electrons. The van der Waals surface area contributed by atoms with Crippen molar-refractivity contribution in [3.8, 4) is 0 Å². The van der Waals surface area contributed by atoms with Crippen molar-refractivity contribution in [1.29, 1.82) is 0 Å². The van der Waals surface area contributed by atoms with Crippen molar-refractivity contribution < 1.29 is 0 Å². The summed E-state index contributed by atoms with van der Waals surface area (Å²) in [4.78, 5) is 4.62. The van der Waals surface area contributed by atoms with Gasteiger partial charge in [-0.25, -0.2) is 0 Å². The van der Waals surface area contributed by atoms with Gasteiger partial charge in [0.25, 0.3) is 0 Å². The minimum atomic E-state index is 0.328. The van der Waals surface area contributed by atoms with E-state index in [9.17, 15) is 0 Å². The van der Waals surface area contributed by atoms with Crippen molar-refractivity contribution in [2.75, 3.05) is 12.3 Å². The first-order valence-corrected chi connectivity index (χ1v) is 7.20. The smallest absolute Gasteiger partial charge is 0.157 e. The van der Waals surface area contributed by atoms with E-state index in [0.717, 1.165) is 6.54 Å². The van der Waals surface area contributed by atoms with Crippen LogP contribution < -0.4 is 5.32 Å². The zero-order valence-electron chi connectivity index (χ0n) is 10.3. The highest BCUT2D eigenvalue weighted by Crippen LogP contribution is 2.28. The lowest BCUT2D eigenvalue weighted by Gasteiger charge is -2.25. The van der Waals surface area contributed by atoms with E-state index in [1.165, 1.54) is 43.0 Å². The van der Waals surface area contributed by atoms with Gasteiger partial charge in [-0.2, -0.15) is 0 Å². The third kappa shape index (κ3) is 3.71. The molecule has 1 heterocycles. The Morgan fingerprint density at radius 2 is 2.00 bits per heavy atom. The quantitative estimate of drug-likeness (QED) is 0.704. The molecule has 1 saturated heterocycles. The van der Waals surface area contributed by atoms with Crippen LogP contribution in [0.3, 0.4) is 0 Å². The summed E-state index contributed by atoms with van der Waals surface area (Å²) in [5.41, 5.74) is 0.328. The first-order valence-electron chi connectivity index (χ1n) is 6.21. The average Bonchev–Trinajstić information content (AvgIpc) is 2.69. The zero-order valence-corrected chi connectivity index (χ0v) is 11.1. The fourth-order valence-electron chi connectivity index (χ4n) is 1.76. The Hall–Kier alpha value is -0.180. The lowest BCUT2D eigenvalue weighted by Crippen LogP contribution is -2.42. The molecule has 1 fully saturated rings. The van der Waals surface area contributed by atoms with E-state index in [1.807, 2.05) is 11.8 Å². The molecule has 1 rings (SSSR count). The van der Waals surface area contributed by atoms with E-state index in [0.29, 0.717) is 5.54 Å². The number of nitrogens with zero attached hydrogens (tertiary/aromatic N) is 1. The van der Waals surface area contributed by atoms with Crippen molar-refractivity contribution in [3.05, 3.63) is 0 Å². The second kappa shape index (κ2) is 6.41. The Balaban J connectivity index is 2.34. The van der Waals surface area contributed by atoms with Crippen molar-refractivity contribution in [1.82, 2.24) is 5.32 Å². The Bertz CT molecular complexity index is 210. The van der Waals surface area contributed by atoms with Crippen LogP contribution in [0.5, 0.6) is 0 Å². The summed E-state index contributed by atoms with van der Waals surface area (Å²) < 4.78 is 0. The maximum atomic E-state index is 4.62. The normalized spacial score (nSPS) is 21.9. The van der Waals surface area contributed by atoms with E-state index >= 15 is 0 Å². The van der Waals surface area contributed by atoms with Gasteiger partial charge in [-0.05, 0) is 19.3 Å². The van der Waals surface area contributed by atoms with Gasteiger partial charge in [-0.1, -0.05) is 45.4 Å². The van der Waals surface area contributed by atoms with E-state index < -0.39 is 0 Å². The summed E-state index contributed by atoms with van der Waals surface area (Å²) in [5.74, 6) is 1.19. The molecule has 1 aliphatic rings. The standard InChI is InChI=1S/C12H24N2S/c1-4-7-8-9-13-11-14-12(5-2,6-3)10-15-11/h4-10H2,1-3H3,(H,13,14). The van der Waals surface area contributed by atoms with Crippen LogP contribution in [0.15, 0.2) is 4.99 Å². The first kappa shape index (κ1) is 12.9. The SMILES string of the molecule is CCCCCN=C1NC(CC)(CC)CS1. The maximum absolute atomic E-state index is 4.62. The van der Waals surface area contributed by atoms with Gasteiger partial charge < -0.3 is 5.32 Å². The topological polar surface area (TPSA) is 24.4 Å². The molecule has 0 unspecified atom stereocenters. The van der Waals surface area contributed by atoms with E-state index in [-0.39, 0.29) is 0 Å². The minimum Gasteiger partial charge on any atom is -0.359 e. The number of rotatable bonds is 6. The van der Waals surface area contributed by atoms with Crippen molar-refractivity contribution in [2.45, 2.75) is 58.4 Å². The summed E-state index contributed by atoms with van der Waals surface area (Å²) in [7, 11) is 0. The van der Waals surface area contributed by atoms with Crippen LogP contribution in [0, 0.1) is 0 Å². The summed E-state index contributed by atoms with van der Waals surface area (Å²) in [6, 6.07) is 0. The van der Waals surface area contributed by atoms with Crippen LogP contribution in [-0.2, 0) is 0 Å². The summed E-state index contributed by atoms with van der Waals surface area (Å²) in [5, 5.41) is 4.77. The Morgan fingerprint density at radius 1 is 1.27 bits per heavy atom. The van der Waals surface area contributed by atoms with Crippen LogP contribution in [0.4, 0.5) is 0 Å². The number of thioether (sulfide) groups is 1. The number of amidine groups is 1. The number of nitrogens with one attached hydrogen (secondary N) is 1. The van der Waals surface area contributed by atoms with Gasteiger partial charge in [0.05, 0.1) is 0 Å². The molecule has 0 aliphatic carbocycles. The molecule has 0 saturated carbocycles. The summed E-state index contributed by atoms with van der Waals surface area (Å²) in [6.07, 6.45) is 6.20. The molecule has 0 bridgehead atoms. The Morgan fingerprint density at radius 3 is 2.53 bits per heavy atom. The fraction of sp³-hybridized carbons (Fsp3) is 0.917. The second-order valence-corrected chi connectivity index (χ2v) is 5.26. The summed E-state index contributed by atoms with van der Waals surface area (Å²) >= 11 is 1.90. The van der Waals surface area contributed by atoms with Crippen molar-refractivity contribution >= 4 is 16.9 Å². The second-order valence-electron chi connectivity index (χ2n) is 4.30. The fourth-order valence-corrected chi connectivity index (χ4v) is 3.13. The molecule has 15 heavy (non-hydrogen) atoms. The molecule has 0 aromatic carbocycles. The molecule has 0 amide bonds. The third-order valence-corrected chi connectivity index (χ3v) is 4.43. The number of hydrogen-bond acceptors (Lipinski definition) is 2. The van der Waals surface area contributed by atoms with Gasteiger partial charge in [-0.15, -0.1) is 0 Å². The molecule has 0 spiro atoms. The van der Waals surface area contributed by atoms with Crippen LogP contribution in [0.1, 0.15) is 52.9 Å². The van der Waals surface area contributed by atoms with Gasteiger partial charge >= 0.3 is 0 Å². The first-order chi connectivity index (χ1) is 7.26. The number of aliphatic imine (C=N–C) groups is 1. The highest BCUT2D eigenvalue weighted by atomic mass is 32.2. The molecule has 3 heteroatoms. The Labute approximate surface area is 98.3 Å². The maximum Gasteiger partial charge on any atom is 0.157 e. The lowest BCUT2D eigenvalue weighted by molar-refractivity contribution is 0.407. The van der Waals surface area contributed by atoms with Gasteiger partial charge in [0.2, 0.25) is 0 Å². The number of unbranched alkanes of at least 4 members (excludes halogenated alkanes) is 2. The molecule has 1 N–H and O–H groups in total. The monoisotopic (exact) mass is 228 g/mol. The molecule has 88 valence electrons. The predicted molar refractivity (Wildman–Crippen MR) is 70.7 cm³/mol. The van der Waals surface area contributed by atoms with E-state index in [4.69, 9.17) is 0 Å². The largest absolute Gasteiger partial charge is 0.359 e. The highest BCUT2D eigenvalue weighted by molar-refractivity contribution is 8.14. The summed E-state index contributed by atoms with van der Waals surface area (Å²) in [6.45, 7) is 7.75. The van der Waals surface area contributed by atoms with Crippen LogP contribution in [0.2, 0.25) is 0 Å². The van der Waals surface area contributed by atoms with Crippen LogP contribution >= 0.6 is 11.8 Å². The van der Waals surface area contributed by atoms with Crippen LogP contribution in [-0.4, -0.2) is 23.0 Å². The van der Waals surface area contributed by atoms with Gasteiger partial charge in [0, 0.05) is 17.8 Å². The molecule has 1 aliphatic heterocycles. The van der Waals surface area contributed by atoms with E-state index in [2.05, 4.69) is 31.1 Å². The van der Waals surface area contributed by atoms with Gasteiger partial charge in [0.1, 0.15) is 0 Å². The lowest BCUT2D eigenvalue weighted by atomic mass is 9.96. The van der Waals surface area contributed by atoms with Crippen molar-refractivity contribution in [3.63, 3.8) is 0 Å². The molecular formula is C12H24N2S. The van der Waals surface area contributed by atoms with Crippen molar-refractivity contribution in [2.24, 2.45) is 4.99 Å². The van der Waals surface area contributed by atoms with Gasteiger partial charge in [-0.3, -0.25) is 4.99 Å². The van der Waals surface area contributed by atoms with Gasteiger partial charge in [0.15, 0.2) is 5.17 Å². The molecule has 0 aromatic heterocycles. The molecule has 0 aromatic rings. The Kier molecular flexibility index (Phi) is 5.51. The minimum absolute atomic E-state index is 0.328. The third-order valence-electron chi connectivity index (χ3n) is 3.23. The molecule has 2 nitrogen and oxygen atoms in total. The van der Waals surface area contributed by atoms with E-state index in [1.54, 1.807) is 0 Å². The average molecular weight is 228 g/mol. The number of hydrogen-bond donors (Lipinski definition) is 1.